The number of carbonyl (C=O) groups is 1. The highest BCUT2D eigenvalue weighted by Gasteiger charge is 2.14. The van der Waals surface area contributed by atoms with Crippen LogP contribution in [0.4, 0.5) is 5.95 Å². The molecular weight excluding hydrogens is 364 g/mol. The molecule has 0 aliphatic heterocycles. The number of hydrogen-bond donors (Lipinski definition) is 1. The average Bonchev–Trinajstić information content (AvgIpc) is 3.27. The zero-order valence-electron chi connectivity index (χ0n) is 14.5. The summed E-state index contributed by atoms with van der Waals surface area (Å²) in [6, 6.07) is 16.8. The summed E-state index contributed by atoms with van der Waals surface area (Å²) in [6.07, 6.45) is 0. The summed E-state index contributed by atoms with van der Waals surface area (Å²) < 4.78 is 12.4. The largest absolute Gasteiger partial charge is 0.497 e. The van der Waals surface area contributed by atoms with Crippen molar-refractivity contribution in [3.63, 3.8) is 0 Å². The zero-order chi connectivity index (χ0) is 18.6. The Bertz CT molecular complexity index is 1070. The van der Waals surface area contributed by atoms with Crippen LogP contribution in [0.2, 0.25) is 0 Å². The summed E-state index contributed by atoms with van der Waals surface area (Å²) in [6.45, 7) is -0.111. The Balaban J connectivity index is 1.49. The topological polar surface area (TPSA) is 77.8 Å². The van der Waals surface area contributed by atoms with Crippen LogP contribution < -0.4 is 14.8 Å². The summed E-state index contributed by atoms with van der Waals surface area (Å²) in [5.74, 6) is 1.32. The number of fused-ring (bicyclic) bond motifs is 1. The van der Waals surface area contributed by atoms with Gasteiger partial charge in [-0.25, -0.2) is 4.52 Å². The van der Waals surface area contributed by atoms with Crippen molar-refractivity contribution in [3.8, 4) is 22.8 Å². The van der Waals surface area contributed by atoms with Gasteiger partial charge < -0.3 is 9.47 Å². The van der Waals surface area contributed by atoms with E-state index in [2.05, 4.69) is 15.4 Å². The molecule has 0 radical (unpaired) electrons. The monoisotopic (exact) mass is 380 g/mol. The fraction of sp³-hybridized carbons (Fsp3) is 0.105. The maximum absolute atomic E-state index is 12.1. The first-order chi connectivity index (χ1) is 13.2. The van der Waals surface area contributed by atoms with Crippen molar-refractivity contribution in [1.82, 2.24) is 14.6 Å². The predicted molar refractivity (Wildman–Crippen MR) is 103 cm³/mol. The number of carbonyl (C=O) groups excluding carboxylic acids is 1. The number of aromatic nitrogens is 3. The van der Waals surface area contributed by atoms with Gasteiger partial charge >= 0.3 is 0 Å². The van der Waals surface area contributed by atoms with Gasteiger partial charge in [0.1, 0.15) is 11.5 Å². The molecule has 0 atom stereocenters. The first kappa shape index (κ1) is 17.0. The van der Waals surface area contributed by atoms with E-state index in [1.807, 2.05) is 47.8 Å². The Morgan fingerprint density at radius 2 is 1.96 bits per heavy atom. The van der Waals surface area contributed by atoms with Crippen LogP contribution in [0, 0.1) is 0 Å². The number of anilines is 1. The van der Waals surface area contributed by atoms with Crippen molar-refractivity contribution in [2.24, 2.45) is 0 Å². The smallest absolute Gasteiger partial charge is 0.264 e. The number of nitrogens with one attached hydrogen (secondary N) is 1. The number of para-hydroxylation sites is 1. The zero-order valence-corrected chi connectivity index (χ0v) is 15.3. The lowest BCUT2D eigenvalue weighted by Crippen LogP contribution is -2.20. The summed E-state index contributed by atoms with van der Waals surface area (Å²) in [4.78, 5) is 17.1. The molecule has 4 aromatic rings. The second kappa shape index (κ2) is 7.46. The van der Waals surface area contributed by atoms with Crippen LogP contribution >= 0.6 is 11.3 Å². The van der Waals surface area contributed by atoms with Crippen LogP contribution in [-0.4, -0.2) is 34.2 Å². The predicted octanol–water partition coefficient (Wildman–Crippen LogP) is 3.48. The Kier molecular flexibility index (Phi) is 4.71. The number of methoxy groups -OCH3 is 1. The Hall–Kier alpha value is -3.39. The molecule has 0 saturated carbocycles. The van der Waals surface area contributed by atoms with E-state index < -0.39 is 0 Å². The first-order valence-electron chi connectivity index (χ1n) is 8.19. The second-order valence-corrected chi connectivity index (χ2v) is 6.47. The molecule has 2 aromatic carbocycles. The molecule has 1 N–H and O–H groups in total. The van der Waals surface area contributed by atoms with E-state index in [9.17, 15) is 4.79 Å². The van der Waals surface area contributed by atoms with Gasteiger partial charge in [-0.1, -0.05) is 30.3 Å². The minimum Gasteiger partial charge on any atom is -0.497 e. The third kappa shape index (κ3) is 3.75. The molecule has 0 aliphatic carbocycles. The maximum atomic E-state index is 12.1. The first-order valence-corrected chi connectivity index (χ1v) is 9.07. The van der Waals surface area contributed by atoms with Crippen molar-refractivity contribution < 1.29 is 14.3 Å². The lowest BCUT2D eigenvalue weighted by molar-refractivity contribution is -0.118. The lowest BCUT2D eigenvalue weighted by Gasteiger charge is -2.05. The number of thiazole rings is 1. The van der Waals surface area contributed by atoms with Crippen LogP contribution in [0.5, 0.6) is 11.5 Å². The van der Waals surface area contributed by atoms with E-state index in [0.29, 0.717) is 10.7 Å². The van der Waals surface area contributed by atoms with Crippen LogP contribution in [0.3, 0.4) is 0 Å². The minimum atomic E-state index is -0.319. The van der Waals surface area contributed by atoms with Gasteiger partial charge in [-0.05, 0) is 24.3 Å². The molecule has 1 amide bonds. The molecule has 0 aliphatic rings. The van der Waals surface area contributed by atoms with Crippen molar-refractivity contribution >= 4 is 28.2 Å². The lowest BCUT2D eigenvalue weighted by atomic mass is 10.2. The number of hydrogen-bond acceptors (Lipinski definition) is 6. The average molecular weight is 380 g/mol. The number of ether oxygens (including phenoxy) is 2. The van der Waals surface area contributed by atoms with E-state index >= 15 is 0 Å². The molecule has 27 heavy (non-hydrogen) atoms. The molecule has 4 rings (SSSR count). The number of benzene rings is 2. The standard InChI is InChI=1S/C19H16N4O3S/c1-25-15-9-5-6-13(10-15)16-12-27-19-21-18(22-23(16)19)20-17(24)11-26-14-7-3-2-4-8-14/h2-10,12H,11H2,1H3,(H,20,22,24). The normalized spacial score (nSPS) is 10.7. The molecule has 0 unspecified atom stereocenters. The van der Waals surface area contributed by atoms with E-state index in [-0.39, 0.29) is 18.5 Å². The van der Waals surface area contributed by atoms with Crippen molar-refractivity contribution in [2.45, 2.75) is 0 Å². The van der Waals surface area contributed by atoms with Gasteiger partial charge in [-0.2, -0.15) is 4.98 Å². The summed E-state index contributed by atoms with van der Waals surface area (Å²) in [5.41, 5.74) is 1.83. The Labute approximate surface area is 159 Å². The number of nitrogens with zero attached hydrogens (tertiary/aromatic N) is 3. The third-order valence-corrected chi connectivity index (χ3v) is 4.63. The van der Waals surface area contributed by atoms with Crippen LogP contribution in [0.25, 0.3) is 16.2 Å². The van der Waals surface area contributed by atoms with E-state index in [0.717, 1.165) is 17.0 Å². The number of rotatable bonds is 6. The number of amides is 1. The summed E-state index contributed by atoms with van der Waals surface area (Å²) in [5, 5.41) is 9.02. The third-order valence-electron chi connectivity index (χ3n) is 3.81. The quantitative estimate of drug-likeness (QED) is 0.554. The Morgan fingerprint density at radius 1 is 1.15 bits per heavy atom. The molecule has 0 saturated heterocycles. The van der Waals surface area contributed by atoms with Crippen LogP contribution in [0.1, 0.15) is 0 Å². The molecule has 0 spiro atoms. The Morgan fingerprint density at radius 3 is 2.78 bits per heavy atom. The van der Waals surface area contributed by atoms with Gasteiger partial charge in [-0.3, -0.25) is 10.1 Å². The molecular formula is C19H16N4O3S. The molecule has 2 heterocycles. The van der Waals surface area contributed by atoms with Gasteiger partial charge in [-0.15, -0.1) is 16.4 Å². The fourth-order valence-corrected chi connectivity index (χ4v) is 3.37. The summed E-state index contributed by atoms with van der Waals surface area (Å²) >= 11 is 1.45. The van der Waals surface area contributed by atoms with Crippen LogP contribution in [-0.2, 0) is 4.79 Å². The van der Waals surface area contributed by atoms with Gasteiger partial charge in [0.05, 0.1) is 12.8 Å². The van der Waals surface area contributed by atoms with E-state index in [1.54, 1.807) is 23.8 Å². The maximum Gasteiger partial charge on any atom is 0.264 e. The molecule has 8 heteroatoms. The fourth-order valence-electron chi connectivity index (χ4n) is 2.54. The van der Waals surface area contributed by atoms with Gasteiger partial charge in [0.25, 0.3) is 11.9 Å². The highest BCUT2D eigenvalue weighted by atomic mass is 32.1. The summed E-state index contributed by atoms with van der Waals surface area (Å²) in [7, 11) is 1.63. The van der Waals surface area contributed by atoms with E-state index in [1.165, 1.54) is 11.3 Å². The van der Waals surface area contributed by atoms with Crippen LogP contribution in [0.15, 0.2) is 60.0 Å². The minimum absolute atomic E-state index is 0.111. The van der Waals surface area contributed by atoms with Gasteiger partial charge in [0.2, 0.25) is 4.96 Å². The molecule has 7 nitrogen and oxygen atoms in total. The highest BCUT2D eigenvalue weighted by Crippen LogP contribution is 2.28. The van der Waals surface area contributed by atoms with E-state index in [4.69, 9.17) is 9.47 Å². The second-order valence-electron chi connectivity index (χ2n) is 5.63. The van der Waals surface area contributed by atoms with Crippen molar-refractivity contribution in [3.05, 3.63) is 60.0 Å². The molecule has 0 fully saturated rings. The molecule has 2 aromatic heterocycles. The molecule has 0 bridgehead atoms. The highest BCUT2D eigenvalue weighted by molar-refractivity contribution is 7.15. The SMILES string of the molecule is COc1cccc(-c2csc3nc(NC(=O)COc4ccccc4)nn23)c1. The van der Waals surface area contributed by atoms with Gasteiger partial charge in [0.15, 0.2) is 6.61 Å². The molecule has 136 valence electrons. The van der Waals surface area contributed by atoms with Crippen molar-refractivity contribution in [1.29, 1.82) is 0 Å². The van der Waals surface area contributed by atoms with Crippen molar-refractivity contribution in [2.75, 3.05) is 19.0 Å². The van der Waals surface area contributed by atoms with Gasteiger partial charge in [0, 0.05) is 10.9 Å².